The molecule has 2 N–H and O–H groups in total. The van der Waals surface area contributed by atoms with Gasteiger partial charge in [0, 0.05) is 27.2 Å². The van der Waals surface area contributed by atoms with E-state index >= 15 is 0 Å². The standard InChI is InChI=1S/C14H21N3O3S/c1-16(2)21(18,19)13-5-3-4-12(14(13)15)17-8-10-6-7-11(9-17)20-10/h3-5,10-11H,6-9,15H2,1-2H3. The number of benzene rings is 1. The number of morpholine rings is 1. The number of ether oxygens (including phenoxy) is 1. The van der Waals surface area contributed by atoms with E-state index in [-0.39, 0.29) is 17.1 Å². The molecule has 0 spiro atoms. The van der Waals surface area contributed by atoms with Gasteiger partial charge >= 0.3 is 0 Å². The molecule has 0 aromatic heterocycles. The van der Waals surface area contributed by atoms with Crippen LogP contribution in [0.15, 0.2) is 23.1 Å². The van der Waals surface area contributed by atoms with Crippen LogP contribution in [-0.2, 0) is 14.8 Å². The Hall–Kier alpha value is -1.31. The fourth-order valence-corrected chi connectivity index (χ4v) is 4.07. The van der Waals surface area contributed by atoms with Crippen LogP contribution >= 0.6 is 0 Å². The maximum atomic E-state index is 12.3. The van der Waals surface area contributed by atoms with Crippen LogP contribution in [0.4, 0.5) is 11.4 Å². The second kappa shape index (κ2) is 5.15. The van der Waals surface area contributed by atoms with E-state index in [1.54, 1.807) is 12.1 Å². The number of hydrogen-bond donors (Lipinski definition) is 1. The first-order chi connectivity index (χ1) is 9.89. The molecule has 0 aliphatic carbocycles. The van der Waals surface area contributed by atoms with Gasteiger partial charge in [0.15, 0.2) is 0 Å². The molecule has 116 valence electrons. The Balaban J connectivity index is 1.98. The Kier molecular flexibility index (Phi) is 3.59. The molecule has 2 aliphatic rings. The van der Waals surface area contributed by atoms with Gasteiger partial charge in [-0.2, -0.15) is 0 Å². The van der Waals surface area contributed by atoms with Gasteiger partial charge in [0.25, 0.3) is 0 Å². The largest absolute Gasteiger partial charge is 0.396 e. The van der Waals surface area contributed by atoms with Crippen LogP contribution < -0.4 is 10.6 Å². The van der Waals surface area contributed by atoms with Gasteiger partial charge in [0.1, 0.15) is 4.90 Å². The Morgan fingerprint density at radius 3 is 2.43 bits per heavy atom. The zero-order valence-electron chi connectivity index (χ0n) is 12.3. The minimum Gasteiger partial charge on any atom is -0.396 e. The topological polar surface area (TPSA) is 75.9 Å². The molecule has 1 aromatic carbocycles. The molecule has 0 radical (unpaired) electrons. The van der Waals surface area contributed by atoms with Gasteiger partial charge in [-0.05, 0) is 25.0 Å². The maximum absolute atomic E-state index is 12.3. The van der Waals surface area contributed by atoms with Crippen molar-refractivity contribution < 1.29 is 13.2 Å². The summed E-state index contributed by atoms with van der Waals surface area (Å²) in [5.41, 5.74) is 7.28. The SMILES string of the molecule is CN(C)S(=O)(=O)c1cccc(N2CC3CCC(C2)O3)c1N. The highest BCUT2D eigenvalue weighted by Gasteiger charge is 2.35. The lowest BCUT2D eigenvalue weighted by molar-refractivity contribution is 0.0305. The second-order valence-electron chi connectivity index (χ2n) is 5.84. The third-order valence-corrected chi connectivity index (χ3v) is 6.06. The summed E-state index contributed by atoms with van der Waals surface area (Å²) in [4.78, 5) is 2.32. The molecule has 7 heteroatoms. The molecule has 3 rings (SSSR count). The van der Waals surface area contributed by atoms with Gasteiger partial charge in [0.05, 0.1) is 23.6 Å². The molecular weight excluding hydrogens is 290 g/mol. The van der Waals surface area contributed by atoms with Crippen LogP contribution in [0.3, 0.4) is 0 Å². The summed E-state index contributed by atoms with van der Waals surface area (Å²) in [6.45, 7) is 1.54. The van der Waals surface area contributed by atoms with Crippen molar-refractivity contribution in [2.24, 2.45) is 0 Å². The number of para-hydroxylation sites is 1. The van der Waals surface area contributed by atoms with E-state index in [1.165, 1.54) is 18.4 Å². The van der Waals surface area contributed by atoms with Crippen molar-refractivity contribution in [3.63, 3.8) is 0 Å². The van der Waals surface area contributed by atoms with E-state index < -0.39 is 10.0 Å². The quantitative estimate of drug-likeness (QED) is 0.839. The van der Waals surface area contributed by atoms with E-state index in [1.807, 2.05) is 6.07 Å². The fraction of sp³-hybridized carbons (Fsp3) is 0.571. The van der Waals surface area contributed by atoms with E-state index in [2.05, 4.69) is 4.90 Å². The molecule has 1 aromatic rings. The van der Waals surface area contributed by atoms with Crippen molar-refractivity contribution in [3.05, 3.63) is 18.2 Å². The summed E-state index contributed by atoms with van der Waals surface area (Å²) in [6.07, 6.45) is 2.60. The molecule has 2 fully saturated rings. The van der Waals surface area contributed by atoms with Crippen molar-refractivity contribution >= 4 is 21.4 Å². The Labute approximate surface area is 125 Å². The van der Waals surface area contributed by atoms with Crippen LogP contribution in [-0.4, -0.2) is 52.1 Å². The van der Waals surface area contributed by atoms with Crippen molar-refractivity contribution in [2.75, 3.05) is 37.8 Å². The number of nitrogen functional groups attached to an aromatic ring is 1. The van der Waals surface area contributed by atoms with Crippen LogP contribution in [0.2, 0.25) is 0 Å². The molecule has 2 atom stereocenters. The molecule has 2 bridgehead atoms. The Morgan fingerprint density at radius 1 is 1.24 bits per heavy atom. The first-order valence-electron chi connectivity index (χ1n) is 7.11. The van der Waals surface area contributed by atoms with E-state index in [9.17, 15) is 8.42 Å². The lowest BCUT2D eigenvalue weighted by atomic mass is 10.2. The van der Waals surface area contributed by atoms with Crippen molar-refractivity contribution in [2.45, 2.75) is 29.9 Å². The van der Waals surface area contributed by atoms with Crippen LogP contribution in [0, 0.1) is 0 Å². The molecule has 2 heterocycles. The smallest absolute Gasteiger partial charge is 0.244 e. The highest BCUT2D eigenvalue weighted by Crippen LogP contribution is 2.35. The van der Waals surface area contributed by atoms with Gasteiger partial charge in [0.2, 0.25) is 10.0 Å². The number of hydrogen-bond acceptors (Lipinski definition) is 5. The lowest BCUT2D eigenvalue weighted by Gasteiger charge is -2.35. The molecule has 2 unspecified atom stereocenters. The zero-order valence-corrected chi connectivity index (χ0v) is 13.1. The van der Waals surface area contributed by atoms with Gasteiger partial charge < -0.3 is 15.4 Å². The zero-order chi connectivity index (χ0) is 15.2. The maximum Gasteiger partial charge on any atom is 0.244 e. The molecule has 21 heavy (non-hydrogen) atoms. The number of nitrogens with zero attached hydrogens (tertiary/aromatic N) is 2. The minimum absolute atomic E-state index is 0.170. The van der Waals surface area contributed by atoms with Crippen molar-refractivity contribution in [3.8, 4) is 0 Å². The van der Waals surface area contributed by atoms with Gasteiger partial charge in [-0.15, -0.1) is 0 Å². The predicted octanol–water partition coefficient (Wildman–Crippen LogP) is 0.887. The summed E-state index contributed by atoms with van der Waals surface area (Å²) in [6, 6.07) is 5.19. The number of nitrogens with two attached hydrogens (primary N) is 1. The summed E-state index contributed by atoms with van der Waals surface area (Å²) in [7, 11) is -0.509. The third-order valence-electron chi connectivity index (χ3n) is 4.19. The molecular formula is C14H21N3O3S. The van der Waals surface area contributed by atoms with E-state index in [0.29, 0.717) is 5.69 Å². The normalized spacial score (nSPS) is 25.6. The summed E-state index contributed by atoms with van der Waals surface area (Å²) in [5, 5.41) is 0. The Bertz CT molecular complexity index is 633. The summed E-state index contributed by atoms with van der Waals surface area (Å²) in [5.74, 6) is 0. The predicted molar refractivity (Wildman–Crippen MR) is 81.8 cm³/mol. The second-order valence-corrected chi connectivity index (χ2v) is 7.96. The fourth-order valence-electron chi connectivity index (χ4n) is 3.04. The first kappa shape index (κ1) is 14.6. The van der Waals surface area contributed by atoms with Crippen molar-refractivity contribution in [1.29, 1.82) is 0 Å². The molecule has 6 nitrogen and oxygen atoms in total. The minimum atomic E-state index is -3.53. The van der Waals surface area contributed by atoms with Crippen LogP contribution in [0.25, 0.3) is 0 Å². The van der Waals surface area contributed by atoms with E-state index in [4.69, 9.17) is 10.5 Å². The average molecular weight is 311 g/mol. The van der Waals surface area contributed by atoms with E-state index in [0.717, 1.165) is 31.6 Å². The molecule has 0 saturated carbocycles. The number of fused-ring (bicyclic) bond motifs is 2. The molecule has 2 aliphatic heterocycles. The third kappa shape index (κ3) is 2.49. The Morgan fingerprint density at radius 2 is 1.86 bits per heavy atom. The summed E-state index contributed by atoms with van der Waals surface area (Å²) < 4.78 is 31.7. The number of anilines is 2. The van der Waals surface area contributed by atoms with Gasteiger partial charge in [-0.3, -0.25) is 0 Å². The highest BCUT2D eigenvalue weighted by molar-refractivity contribution is 7.89. The van der Waals surface area contributed by atoms with Gasteiger partial charge in [-0.25, -0.2) is 12.7 Å². The number of sulfonamides is 1. The average Bonchev–Trinajstić information content (AvgIpc) is 2.77. The lowest BCUT2D eigenvalue weighted by Crippen LogP contribution is -2.43. The summed E-state index contributed by atoms with van der Waals surface area (Å²) >= 11 is 0. The molecule has 0 amide bonds. The highest BCUT2D eigenvalue weighted by atomic mass is 32.2. The van der Waals surface area contributed by atoms with Gasteiger partial charge in [-0.1, -0.05) is 6.07 Å². The van der Waals surface area contributed by atoms with Crippen LogP contribution in [0.5, 0.6) is 0 Å². The number of rotatable bonds is 3. The molecule has 2 saturated heterocycles. The van der Waals surface area contributed by atoms with Crippen molar-refractivity contribution in [1.82, 2.24) is 4.31 Å². The first-order valence-corrected chi connectivity index (χ1v) is 8.55. The van der Waals surface area contributed by atoms with Crippen LogP contribution in [0.1, 0.15) is 12.8 Å². The monoisotopic (exact) mass is 311 g/mol.